The predicted molar refractivity (Wildman–Crippen MR) is 102 cm³/mol. The monoisotopic (exact) mass is 384 g/mol. The summed E-state index contributed by atoms with van der Waals surface area (Å²) in [6, 6.07) is 6.69. The molecule has 0 unspecified atom stereocenters. The lowest BCUT2D eigenvalue weighted by atomic mass is 9.87. The number of carbonyl (C=O) groups is 2. The van der Waals surface area contributed by atoms with Crippen LogP contribution in [0.2, 0.25) is 0 Å². The number of alkyl halides is 1. The van der Waals surface area contributed by atoms with Crippen LogP contribution in [0.15, 0.2) is 36.7 Å². The number of imidazole rings is 1. The second-order valence-electron chi connectivity index (χ2n) is 7.22. The van der Waals surface area contributed by atoms with Crippen LogP contribution < -0.4 is 15.8 Å². The van der Waals surface area contributed by atoms with Gasteiger partial charge in [0.1, 0.15) is 18.0 Å². The molecule has 28 heavy (non-hydrogen) atoms. The molecule has 1 aliphatic heterocycles. The Morgan fingerprint density at radius 3 is 2.96 bits per heavy atom. The number of rotatable bonds is 5. The van der Waals surface area contributed by atoms with Crippen LogP contribution in [0.4, 0.5) is 4.39 Å². The number of pyridine rings is 1. The summed E-state index contributed by atoms with van der Waals surface area (Å²) in [5.74, 6) is -1.09. The number of halogens is 1. The minimum Gasteiger partial charge on any atom is -0.489 e. The van der Waals surface area contributed by atoms with Gasteiger partial charge in [-0.15, -0.1) is 0 Å². The second kappa shape index (κ2) is 6.47. The Labute approximate surface area is 160 Å². The normalized spacial score (nSPS) is 24.6. The highest BCUT2D eigenvalue weighted by molar-refractivity contribution is 6.03. The number of hydrogen-bond acceptors (Lipinski definition) is 4. The summed E-state index contributed by atoms with van der Waals surface area (Å²) >= 11 is 0. The van der Waals surface area contributed by atoms with Crippen LogP contribution >= 0.6 is 0 Å². The molecule has 3 aromatic rings. The Morgan fingerprint density at radius 1 is 1.46 bits per heavy atom. The topological polar surface area (TPSA) is 98.7 Å². The van der Waals surface area contributed by atoms with Gasteiger partial charge in [-0.3, -0.25) is 14.0 Å². The molecule has 1 aliphatic rings. The molecular formula is C20H21FN4O3. The third kappa shape index (κ3) is 2.67. The number of nitrogens with two attached hydrogens (primary N) is 1. The van der Waals surface area contributed by atoms with Crippen molar-refractivity contribution < 1.29 is 18.7 Å². The average Bonchev–Trinajstić information content (AvgIpc) is 3.22. The number of nitrogens with zero attached hydrogens (tertiary/aromatic N) is 2. The number of aromatic nitrogens is 2. The van der Waals surface area contributed by atoms with Crippen LogP contribution in [-0.4, -0.2) is 39.5 Å². The van der Waals surface area contributed by atoms with E-state index in [2.05, 4.69) is 10.3 Å². The van der Waals surface area contributed by atoms with E-state index in [1.54, 1.807) is 35.0 Å². The van der Waals surface area contributed by atoms with Gasteiger partial charge in [0, 0.05) is 23.7 Å². The summed E-state index contributed by atoms with van der Waals surface area (Å²) in [7, 11) is 0. The van der Waals surface area contributed by atoms with Crippen molar-refractivity contribution in [2.75, 3.05) is 6.61 Å². The molecule has 1 saturated heterocycles. The fourth-order valence-corrected chi connectivity index (χ4v) is 4.08. The first-order chi connectivity index (χ1) is 13.3. The fourth-order valence-electron chi connectivity index (χ4n) is 4.08. The van der Waals surface area contributed by atoms with Crippen LogP contribution in [0.25, 0.3) is 16.6 Å². The highest BCUT2D eigenvalue weighted by atomic mass is 19.1. The van der Waals surface area contributed by atoms with E-state index < -0.39 is 29.4 Å². The number of para-hydroxylation sites is 1. The lowest BCUT2D eigenvalue weighted by molar-refractivity contribution is -0.129. The van der Waals surface area contributed by atoms with Gasteiger partial charge in [-0.1, -0.05) is 19.1 Å². The smallest absolute Gasteiger partial charge is 0.258 e. The molecule has 1 fully saturated rings. The number of fused-ring (bicyclic) bond motifs is 3. The first kappa shape index (κ1) is 18.2. The molecule has 7 nitrogen and oxygen atoms in total. The Morgan fingerprint density at radius 2 is 2.25 bits per heavy atom. The van der Waals surface area contributed by atoms with Crippen molar-refractivity contribution in [3.05, 3.63) is 42.2 Å². The molecule has 146 valence electrons. The number of nitrogens with one attached hydrogen (secondary N) is 1. The zero-order chi connectivity index (χ0) is 20.1. The zero-order valence-electron chi connectivity index (χ0n) is 15.6. The summed E-state index contributed by atoms with van der Waals surface area (Å²) in [5.41, 5.74) is 5.05. The van der Waals surface area contributed by atoms with Gasteiger partial charge >= 0.3 is 0 Å². The van der Waals surface area contributed by atoms with E-state index in [1.165, 1.54) is 6.92 Å². The molecule has 0 aliphatic carbocycles. The zero-order valence-corrected chi connectivity index (χ0v) is 15.6. The molecular weight excluding hydrogens is 363 g/mol. The molecule has 2 aromatic heterocycles. The molecule has 0 radical (unpaired) electrons. The van der Waals surface area contributed by atoms with E-state index in [1.807, 2.05) is 13.0 Å². The Balaban J connectivity index is 1.72. The lowest BCUT2D eigenvalue weighted by Gasteiger charge is -2.23. The van der Waals surface area contributed by atoms with Crippen molar-refractivity contribution in [3.8, 4) is 5.75 Å². The summed E-state index contributed by atoms with van der Waals surface area (Å²) < 4.78 is 22.4. The molecule has 3 atom stereocenters. The van der Waals surface area contributed by atoms with Gasteiger partial charge < -0.3 is 15.8 Å². The number of hydrogen-bond donors (Lipinski definition) is 2. The van der Waals surface area contributed by atoms with Crippen molar-refractivity contribution >= 4 is 28.4 Å². The van der Waals surface area contributed by atoms with Crippen LogP contribution in [0.5, 0.6) is 5.75 Å². The van der Waals surface area contributed by atoms with Gasteiger partial charge in [0.05, 0.1) is 17.1 Å². The maximum Gasteiger partial charge on any atom is 0.258 e. The quantitative estimate of drug-likeness (QED) is 0.705. The van der Waals surface area contributed by atoms with Crippen LogP contribution in [0.1, 0.15) is 30.6 Å². The maximum absolute atomic E-state index is 14.7. The molecule has 3 heterocycles. The number of ether oxygens (including phenoxy) is 1. The third-order valence-corrected chi connectivity index (χ3v) is 5.52. The Hall–Kier alpha value is -3.16. The number of carbonyl (C=O) groups excluding carboxylic acids is 2. The summed E-state index contributed by atoms with van der Waals surface area (Å²) in [6.07, 6.45) is 3.82. The van der Waals surface area contributed by atoms with Gasteiger partial charge in [0.2, 0.25) is 0 Å². The lowest BCUT2D eigenvalue weighted by Crippen LogP contribution is -2.35. The van der Waals surface area contributed by atoms with Crippen molar-refractivity contribution in [2.24, 2.45) is 11.7 Å². The van der Waals surface area contributed by atoms with Gasteiger partial charge in [0.25, 0.3) is 11.8 Å². The van der Waals surface area contributed by atoms with E-state index in [9.17, 15) is 14.0 Å². The molecule has 0 bridgehead atoms. The van der Waals surface area contributed by atoms with E-state index >= 15 is 0 Å². The molecule has 1 aromatic carbocycles. The van der Waals surface area contributed by atoms with Crippen molar-refractivity contribution in [1.29, 1.82) is 0 Å². The van der Waals surface area contributed by atoms with E-state index in [0.29, 0.717) is 23.4 Å². The van der Waals surface area contributed by atoms with Gasteiger partial charge in [-0.25, -0.2) is 9.37 Å². The van der Waals surface area contributed by atoms with Crippen LogP contribution in [0, 0.1) is 5.92 Å². The fraction of sp³-hybridized carbons (Fsp3) is 0.350. The highest BCUT2D eigenvalue weighted by Crippen LogP contribution is 2.35. The van der Waals surface area contributed by atoms with Crippen LogP contribution in [0.3, 0.4) is 0 Å². The van der Waals surface area contributed by atoms with E-state index in [0.717, 1.165) is 10.9 Å². The van der Waals surface area contributed by atoms with Crippen molar-refractivity contribution in [3.63, 3.8) is 0 Å². The molecule has 3 N–H and O–H groups in total. The summed E-state index contributed by atoms with van der Waals surface area (Å²) in [5, 5.41) is 3.46. The van der Waals surface area contributed by atoms with Crippen molar-refractivity contribution in [2.45, 2.75) is 32.0 Å². The third-order valence-electron chi connectivity index (χ3n) is 5.52. The van der Waals surface area contributed by atoms with Crippen LogP contribution in [-0.2, 0) is 4.79 Å². The van der Waals surface area contributed by atoms with E-state index in [-0.39, 0.29) is 6.61 Å². The number of benzene rings is 1. The Kier molecular flexibility index (Phi) is 4.21. The first-order valence-corrected chi connectivity index (χ1v) is 9.15. The van der Waals surface area contributed by atoms with Crippen molar-refractivity contribution in [1.82, 2.24) is 14.7 Å². The molecule has 4 rings (SSSR count). The highest BCUT2D eigenvalue weighted by Gasteiger charge is 2.51. The molecule has 2 amide bonds. The predicted octanol–water partition coefficient (Wildman–Crippen LogP) is 2.22. The SMILES string of the molecule is CC[C@H]1[C@@H](COc2cccc3cc(C(N)=O)c4nccn4c23)NC(=O)[C@@]1(C)F. The molecule has 0 spiro atoms. The Bertz CT molecular complexity index is 1090. The minimum absolute atomic E-state index is 0.136. The molecule has 0 saturated carbocycles. The number of primary amides is 1. The van der Waals surface area contributed by atoms with Gasteiger partial charge in [-0.05, 0) is 25.5 Å². The summed E-state index contributed by atoms with van der Waals surface area (Å²) in [6.45, 7) is 3.31. The van der Waals surface area contributed by atoms with E-state index in [4.69, 9.17) is 10.5 Å². The van der Waals surface area contributed by atoms with Gasteiger partial charge in [0.15, 0.2) is 5.67 Å². The summed E-state index contributed by atoms with van der Waals surface area (Å²) in [4.78, 5) is 27.9. The maximum atomic E-state index is 14.7. The average molecular weight is 384 g/mol. The molecule has 8 heteroatoms. The second-order valence-corrected chi connectivity index (χ2v) is 7.22. The largest absolute Gasteiger partial charge is 0.489 e. The standard InChI is InChI=1S/C20H21FN4O3/c1-3-13-14(24-19(27)20(13,2)21)10-28-15-6-4-5-11-9-12(17(22)26)18-23-7-8-25(18)16(11)15/h4-9,13-14H,3,10H2,1-2H3,(H2,22,26)(H,24,27)/t13-,14+,20-/m0/s1. The first-order valence-electron chi connectivity index (χ1n) is 9.15. The number of amides is 2. The minimum atomic E-state index is -1.91. The van der Waals surface area contributed by atoms with Gasteiger partial charge in [-0.2, -0.15) is 0 Å².